The summed E-state index contributed by atoms with van der Waals surface area (Å²) in [5.74, 6) is 0.973. The second kappa shape index (κ2) is 9.69. The molecule has 3 aromatic rings. The van der Waals surface area contributed by atoms with Gasteiger partial charge in [-0.3, -0.25) is 9.48 Å². The maximum Gasteiger partial charge on any atom is 0.269 e. The van der Waals surface area contributed by atoms with Crippen molar-refractivity contribution in [1.29, 1.82) is 0 Å². The Balaban J connectivity index is 1.74. The molecule has 0 bridgehead atoms. The molecule has 1 heterocycles. The van der Waals surface area contributed by atoms with Crippen molar-refractivity contribution in [3.63, 3.8) is 0 Å². The number of aryl methyl sites for hydroxylation is 1. The summed E-state index contributed by atoms with van der Waals surface area (Å²) in [6.07, 6.45) is 1.20. The number of aliphatic hydroxyl groups excluding tert-OH is 1. The van der Waals surface area contributed by atoms with E-state index in [1.807, 2.05) is 36.6 Å². The van der Waals surface area contributed by atoms with Crippen LogP contribution in [0.2, 0.25) is 0 Å². The minimum atomic E-state index is -0.795. The van der Waals surface area contributed by atoms with Crippen LogP contribution in [0.15, 0.2) is 53.4 Å². The van der Waals surface area contributed by atoms with E-state index in [4.69, 9.17) is 9.47 Å². The van der Waals surface area contributed by atoms with Gasteiger partial charge in [-0.2, -0.15) is 5.10 Å². The fourth-order valence-electron chi connectivity index (χ4n) is 3.05. The summed E-state index contributed by atoms with van der Waals surface area (Å²) in [5, 5.41) is 17.6. The predicted molar refractivity (Wildman–Crippen MR) is 117 cm³/mol. The Morgan fingerprint density at radius 2 is 1.90 bits per heavy atom. The van der Waals surface area contributed by atoms with Crippen molar-refractivity contribution in [3.8, 4) is 22.8 Å². The van der Waals surface area contributed by atoms with Crippen LogP contribution in [-0.4, -0.2) is 47.8 Å². The molecular weight excluding hydrogens is 402 g/mol. The average molecular weight is 428 g/mol. The minimum Gasteiger partial charge on any atom is -0.497 e. The van der Waals surface area contributed by atoms with Crippen LogP contribution in [0.25, 0.3) is 11.3 Å². The molecule has 1 atom stereocenters. The number of hydrogen-bond acceptors (Lipinski definition) is 6. The van der Waals surface area contributed by atoms with E-state index in [1.165, 1.54) is 4.68 Å². The third-order valence-corrected chi connectivity index (χ3v) is 5.50. The van der Waals surface area contributed by atoms with Crippen LogP contribution in [0.1, 0.15) is 22.2 Å². The number of methoxy groups -OCH3 is 2. The Morgan fingerprint density at radius 3 is 2.53 bits per heavy atom. The SMILES string of the molecule is COc1ccc(OC)c(-c2cc(C(=O)NCC(O)c3ccc(SC)cc3)n(C)n2)c1. The molecule has 2 N–H and O–H groups in total. The Kier molecular flexibility index (Phi) is 7.02. The van der Waals surface area contributed by atoms with Gasteiger partial charge in [0.05, 0.1) is 26.0 Å². The third kappa shape index (κ3) is 4.77. The summed E-state index contributed by atoms with van der Waals surface area (Å²) in [5.41, 5.74) is 2.44. The fraction of sp³-hybridized carbons (Fsp3) is 0.273. The van der Waals surface area contributed by atoms with Crippen LogP contribution in [0.3, 0.4) is 0 Å². The van der Waals surface area contributed by atoms with Crippen molar-refractivity contribution in [3.05, 3.63) is 59.8 Å². The van der Waals surface area contributed by atoms with Gasteiger partial charge in [0.25, 0.3) is 5.91 Å². The molecule has 0 fully saturated rings. The summed E-state index contributed by atoms with van der Waals surface area (Å²) in [7, 11) is 4.86. The van der Waals surface area contributed by atoms with Gasteiger partial charge in [-0.15, -0.1) is 11.8 Å². The fourth-order valence-corrected chi connectivity index (χ4v) is 3.46. The van der Waals surface area contributed by atoms with E-state index in [2.05, 4.69) is 10.4 Å². The van der Waals surface area contributed by atoms with E-state index in [0.29, 0.717) is 22.9 Å². The van der Waals surface area contributed by atoms with Gasteiger partial charge < -0.3 is 19.9 Å². The van der Waals surface area contributed by atoms with Gasteiger partial charge in [0, 0.05) is 24.1 Å². The number of benzene rings is 2. The number of nitrogens with zero attached hydrogens (tertiary/aromatic N) is 2. The van der Waals surface area contributed by atoms with Crippen molar-refractivity contribution in [2.75, 3.05) is 27.0 Å². The Hall–Kier alpha value is -2.97. The van der Waals surface area contributed by atoms with Crippen LogP contribution >= 0.6 is 11.8 Å². The summed E-state index contributed by atoms with van der Waals surface area (Å²) in [6.45, 7) is 0.0977. The smallest absolute Gasteiger partial charge is 0.269 e. The van der Waals surface area contributed by atoms with E-state index >= 15 is 0 Å². The molecule has 0 saturated carbocycles. The first-order chi connectivity index (χ1) is 14.5. The van der Waals surface area contributed by atoms with E-state index < -0.39 is 6.10 Å². The van der Waals surface area contributed by atoms with Crippen LogP contribution in [0.5, 0.6) is 11.5 Å². The van der Waals surface area contributed by atoms with Crippen LogP contribution < -0.4 is 14.8 Å². The molecule has 0 spiro atoms. The summed E-state index contributed by atoms with van der Waals surface area (Å²) in [6, 6.07) is 14.7. The Morgan fingerprint density at radius 1 is 1.17 bits per heavy atom. The molecule has 1 amide bonds. The number of hydrogen-bond donors (Lipinski definition) is 2. The molecule has 158 valence electrons. The average Bonchev–Trinajstić information content (AvgIpc) is 3.18. The topological polar surface area (TPSA) is 85.6 Å². The first kappa shape index (κ1) is 21.7. The molecule has 0 radical (unpaired) electrons. The maximum absolute atomic E-state index is 12.7. The predicted octanol–water partition coefficient (Wildman–Crippen LogP) is 3.29. The zero-order chi connectivity index (χ0) is 21.7. The molecule has 0 aliphatic heterocycles. The lowest BCUT2D eigenvalue weighted by Gasteiger charge is -2.12. The van der Waals surface area contributed by atoms with Gasteiger partial charge in [0.15, 0.2) is 0 Å². The molecular formula is C22H25N3O4S. The lowest BCUT2D eigenvalue weighted by Crippen LogP contribution is -2.29. The highest BCUT2D eigenvalue weighted by atomic mass is 32.2. The van der Waals surface area contributed by atoms with E-state index in [9.17, 15) is 9.90 Å². The minimum absolute atomic E-state index is 0.0977. The van der Waals surface area contributed by atoms with Crippen molar-refractivity contribution in [2.45, 2.75) is 11.0 Å². The van der Waals surface area contributed by atoms with Crippen molar-refractivity contribution in [2.24, 2.45) is 7.05 Å². The van der Waals surface area contributed by atoms with Gasteiger partial charge >= 0.3 is 0 Å². The van der Waals surface area contributed by atoms with Crippen LogP contribution in [0.4, 0.5) is 0 Å². The lowest BCUT2D eigenvalue weighted by molar-refractivity contribution is 0.0907. The van der Waals surface area contributed by atoms with Crippen molar-refractivity contribution < 1.29 is 19.4 Å². The number of ether oxygens (including phenoxy) is 2. The first-order valence-electron chi connectivity index (χ1n) is 9.33. The second-order valence-corrected chi connectivity index (χ2v) is 7.48. The van der Waals surface area contributed by atoms with Crippen LogP contribution in [-0.2, 0) is 7.05 Å². The van der Waals surface area contributed by atoms with Crippen LogP contribution in [0, 0.1) is 0 Å². The number of amides is 1. The number of thioether (sulfide) groups is 1. The second-order valence-electron chi connectivity index (χ2n) is 6.60. The first-order valence-corrected chi connectivity index (χ1v) is 10.6. The van der Waals surface area contributed by atoms with Gasteiger partial charge in [-0.05, 0) is 48.2 Å². The Labute approximate surface area is 180 Å². The highest BCUT2D eigenvalue weighted by Crippen LogP contribution is 2.33. The third-order valence-electron chi connectivity index (χ3n) is 4.75. The largest absolute Gasteiger partial charge is 0.497 e. The highest BCUT2D eigenvalue weighted by Gasteiger charge is 2.18. The van der Waals surface area contributed by atoms with Crippen molar-refractivity contribution in [1.82, 2.24) is 15.1 Å². The van der Waals surface area contributed by atoms with Gasteiger partial charge in [0.1, 0.15) is 17.2 Å². The summed E-state index contributed by atoms with van der Waals surface area (Å²) in [4.78, 5) is 13.8. The number of nitrogens with one attached hydrogen (secondary N) is 1. The van der Waals surface area contributed by atoms with E-state index in [-0.39, 0.29) is 12.5 Å². The molecule has 0 aliphatic carbocycles. The quantitative estimate of drug-likeness (QED) is 0.537. The molecule has 1 unspecified atom stereocenters. The number of rotatable bonds is 8. The summed E-state index contributed by atoms with van der Waals surface area (Å²) < 4.78 is 12.2. The van der Waals surface area contributed by atoms with Gasteiger partial charge in [-0.25, -0.2) is 0 Å². The highest BCUT2D eigenvalue weighted by molar-refractivity contribution is 7.98. The zero-order valence-electron chi connectivity index (χ0n) is 17.4. The van der Waals surface area contributed by atoms with Gasteiger partial charge in [0.2, 0.25) is 0 Å². The zero-order valence-corrected chi connectivity index (χ0v) is 18.2. The maximum atomic E-state index is 12.7. The molecule has 3 rings (SSSR count). The number of carbonyl (C=O) groups is 1. The normalized spacial score (nSPS) is 11.8. The molecule has 0 saturated heterocycles. The van der Waals surface area contributed by atoms with Crippen molar-refractivity contribution >= 4 is 17.7 Å². The molecule has 1 aromatic heterocycles. The molecule has 30 heavy (non-hydrogen) atoms. The molecule has 2 aromatic carbocycles. The number of aliphatic hydroxyl groups is 1. The van der Waals surface area contributed by atoms with E-state index in [1.54, 1.807) is 51.2 Å². The van der Waals surface area contributed by atoms with Gasteiger partial charge in [-0.1, -0.05) is 12.1 Å². The van der Waals surface area contributed by atoms with E-state index in [0.717, 1.165) is 16.0 Å². The summed E-state index contributed by atoms with van der Waals surface area (Å²) >= 11 is 1.63. The number of aromatic nitrogens is 2. The standard InChI is InChI=1S/C22H25N3O4S/c1-25-19(12-18(24-25)17-11-15(28-2)7-10-21(17)29-3)22(27)23-13-20(26)14-5-8-16(30-4)9-6-14/h5-12,20,26H,13H2,1-4H3,(H,23,27). The Bertz CT molecular complexity index is 1020. The number of carbonyl (C=O) groups excluding carboxylic acids is 1. The molecule has 7 nitrogen and oxygen atoms in total. The monoisotopic (exact) mass is 427 g/mol. The molecule has 0 aliphatic rings. The molecule has 8 heteroatoms. The lowest BCUT2D eigenvalue weighted by atomic mass is 10.1.